The molecule has 128 valence electrons. The molecule has 1 aliphatic rings. The van der Waals surface area contributed by atoms with Crippen molar-refractivity contribution in [3.05, 3.63) is 35.4 Å². The van der Waals surface area contributed by atoms with Gasteiger partial charge >= 0.3 is 6.03 Å². The van der Waals surface area contributed by atoms with Crippen molar-refractivity contribution in [3.8, 4) is 0 Å². The third kappa shape index (κ3) is 5.84. The van der Waals surface area contributed by atoms with Crippen LogP contribution >= 0.6 is 0 Å². The van der Waals surface area contributed by atoms with E-state index in [1.807, 2.05) is 6.92 Å². The van der Waals surface area contributed by atoms with E-state index in [0.717, 1.165) is 19.3 Å². The van der Waals surface area contributed by atoms with Crippen molar-refractivity contribution in [3.63, 3.8) is 0 Å². The molecule has 0 aromatic heterocycles. The van der Waals surface area contributed by atoms with E-state index in [4.69, 9.17) is 9.84 Å². The summed E-state index contributed by atoms with van der Waals surface area (Å²) in [6.45, 7) is 3.19. The average molecular weight is 320 g/mol. The van der Waals surface area contributed by atoms with Crippen LogP contribution in [0.1, 0.15) is 49.8 Å². The summed E-state index contributed by atoms with van der Waals surface area (Å²) in [5.41, 5.74) is 2.72. The van der Waals surface area contributed by atoms with Gasteiger partial charge in [0.05, 0.1) is 6.10 Å². The topological polar surface area (TPSA) is 70.6 Å². The number of rotatable bonds is 8. The summed E-state index contributed by atoms with van der Waals surface area (Å²) in [7, 11) is 0. The molecule has 0 fully saturated rings. The van der Waals surface area contributed by atoms with Crippen LogP contribution in [-0.4, -0.2) is 36.9 Å². The predicted molar refractivity (Wildman–Crippen MR) is 90.4 cm³/mol. The van der Waals surface area contributed by atoms with E-state index in [1.165, 1.54) is 17.5 Å². The van der Waals surface area contributed by atoms with Crippen molar-refractivity contribution < 1.29 is 14.6 Å². The number of ether oxygens (including phenoxy) is 1. The second-order valence-electron chi connectivity index (χ2n) is 6.12. The smallest absolute Gasteiger partial charge is 0.314 e. The molecule has 0 aliphatic heterocycles. The van der Waals surface area contributed by atoms with Crippen LogP contribution in [0, 0.1) is 0 Å². The number of aliphatic hydroxyl groups excluding tert-OH is 1. The number of benzene rings is 1. The summed E-state index contributed by atoms with van der Waals surface area (Å²) < 4.78 is 6.01. The Morgan fingerprint density at radius 2 is 2.26 bits per heavy atom. The Labute approximate surface area is 138 Å². The zero-order chi connectivity index (χ0) is 16.5. The van der Waals surface area contributed by atoms with Crippen LogP contribution in [0.4, 0.5) is 4.79 Å². The minimum absolute atomic E-state index is 0.0185. The number of aliphatic hydroxyl groups is 1. The highest BCUT2D eigenvalue weighted by atomic mass is 16.5. The standard InChI is InChI=1S/C18H28N2O3/c1-14(10-12-21)20-18(22)19-11-5-13-23-17-9-4-7-15-6-2-3-8-16(15)17/h2-3,6,8,14,17,21H,4-5,7,9-13H2,1H3,(H2,19,20,22). The number of aryl methyl sites for hydroxylation is 1. The maximum absolute atomic E-state index is 11.6. The lowest BCUT2D eigenvalue weighted by molar-refractivity contribution is 0.0396. The molecule has 0 bridgehead atoms. The largest absolute Gasteiger partial charge is 0.396 e. The lowest BCUT2D eigenvalue weighted by atomic mass is 9.89. The summed E-state index contributed by atoms with van der Waals surface area (Å²) in [5, 5.41) is 14.4. The van der Waals surface area contributed by atoms with Gasteiger partial charge in [-0.2, -0.15) is 0 Å². The number of carbonyl (C=O) groups excluding carboxylic acids is 1. The number of carbonyl (C=O) groups is 1. The first-order valence-corrected chi connectivity index (χ1v) is 8.55. The van der Waals surface area contributed by atoms with E-state index < -0.39 is 0 Å². The van der Waals surface area contributed by atoms with Gasteiger partial charge in [0.15, 0.2) is 0 Å². The van der Waals surface area contributed by atoms with Crippen molar-refractivity contribution in [2.45, 2.75) is 51.2 Å². The third-order valence-corrected chi connectivity index (χ3v) is 4.18. The maximum Gasteiger partial charge on any atom is 0.314 e. The fraction of sp³-hybridized carbons (Fsp3) is 0.611. The van der Waals surface area contributed by atoms with Gasteiger partial charge in [-0.05, 0) is 50.2 Å². The van der Waals surface area contributed by atoms with Gasteiger partial charge in [0.2, 0.25) is 0 Å². The van der Waals surface area contributed by atoms with E-state index in [-0.39, 0.29) is 24.8 Å². The highest BCUT2D eigenvalue weighted by Gasteiger charge is 2.19. The Balaban J connectivity index is 1.62. The molecular weight excluding hydrogens is 292 g/mol. The van der Waals surface area contributed by atoms with Crippen molar-refractivity contribution in [2.75, 3.05) is 19.8 Å². The van der Waals surface area contributed by atoms with Gasteiger partial charge in [0, 0.05) is 25.8 Å². The van der Waals surface area contributed by atoms with Crippen LogP contribution in [0.5, 0.6) is 0 Å². The first-order chi connectivity index (χ1) is 11.2. The Morgan fingerprint density at radius 1 is 1.43 bits per heavy atom. The number of urea groups is 1. The summed E-state index contributed by atoms with van der Waals surface area (Å²) in [6, 6.07) is 8.29. The Kier molecular flexibility index (Phi) is 7.36. The number of amides is 2. The Morgan fingerprint density at radius 3 is 3.09 bits per heavy atom. The van der Waals surface area contributed by atoms with Crippen molar-refractivity contribution in [1.82, 2.24) is 10.6 Å². The van der Waals surface area contributed by atoms with Crippen LogP contribution in [-0.2, 0) is 11.2 Å². The maximum atomic E-state index is 11.6. The van der Waals surface area contributed by atoms with Gasteiger partial charge in [0.25, 0.3) is 0 Å². The van der Waals surface area contributed by atoms with Gasteiger partial charge in [-0.1, -0.05) is 24.3 Å². The molecule has 2 atom stereocenters. The Hall–Kier alpha value is -1.59. The summed E-state index contributed by atoms with van der Waals surface area (Å²) in [5.74, 6) is 0. The first-order valence-electron chi connectivity index (χ1n) is 8.55. The second kappa shape index (κ2) is 9.53. The molecule has 23 heavy (non-hydrogen) atoms. The van der Waals surface area contributed by atoms with Crippen LogP contribution < -0.4 is 10.6 Å². The molecule has 1 aliphatic carbocycles. The fourth-order valence-electron chi connectivity index (χ4n) is 2.92. The van der Waals surface area contributed by atoms with Crippen molar-refractivity contribution >= 4 is 6.03 Å². The second-order valence-corrected chi connectivity index (χ2v) is 6.12. The first kappa shape index (κ1) is 17.8. The monoisotopic (exact) mass is 320 g/mol. The minimum Gasteiger partial charge on any atom is -0.396 e. The molecule has 0 saturated carbocycles. The van der Waals surface area contributed by atoms with Crippen LogP contribution in [0.3, 0.4) is 0 Å². The predicted octanol–water partition coefficient (Wildman–Crippen LogP) is 2.54. The number of hydrogen-bond acceptors (Lipinski definition) is 3. The van der Waals surface area contributed by atoms with Crippen molar-refractivity contribution in [1.29, 1.82) is 0 Å². The molecule has 0 saturated heterocycles. The summed E-state index contributed by atoms with van der Waals surface area (Å²) >= 11 is 0. The van der Waals surface area contributed by atoms with Crippen LogP contribution in [0.15, 0.2) is 24.3 Å². The van der Waals surface area contributed by atoms with Crippen LogP contribution in [0.2, 0.25) is 0 Å². The lowest BCUT2D eigenvalue weighted by Gasteiger charge is -2.25. The number of nitrogens with one attached hydrogen (secondary N) is 2. The average Bonchev–Trinajstić information content (AvgIpc) is 2.55. The SMILES string of the molecule is CC(CCO)NC(=O)NCCCOC1CCCc2ccccc21. The highest BCUT2D eigenvalue weighted by molar-refractivity contribution is 5.74. The zero-order valence-electron chi connectivity index (χ0n) is 13.9. The fourth-order valence-corrected chi connectivity index (χ4v) is 2.92. The molecule has 2 rings (SSSR count). The van der Waals surface area contributed by atoms with Gasteiger partial charge in [-0.15, -0.1) is 0 Å². The normalized spacial score (nSPS) is 18.1. The molecule has 5 nitrogen and oxygen atoms in total. The van der Waals surface area contributed by atoms with Gasteiger partial charge < -0.3 is 20.5 Å². The third-order valence-electron chi connectivity index (χ3n) is 4.18. The van der Waals surface area contributed by atoms with Crippen molar-refractivity contribution in [2.24, 2.45) is 0 Å². The molecule has 0 heterocycles. The quantitative estimate of drug-likeness (QED) is 0.645. The molecule has 0 spiro atoms. The molecular formula is C18H28N2O3. The molecule has 0 radical (unpaired) electrons. The van der Waals surface area contributed by atoms with E-state index in [0.29, 0.717) is 19.6 Å². The number of hydrogen-bond donors (Lipinski definition) is 3. The molecule has 1 aromatic carbocycles. The lowest BCUT2D eigenvalue weighted by Crippen LogP contribution is -2.41. The highest BCUT2D eigenvalue weighted by Crippen LogP contribution is 2.32. The Bertz CT molecular complexity index is 493. The zero-order valence-corrected chi connectivity index (χ0v) is 13.9. The van der Waals surface area contributed by atoms with E-state index in [9.17, 15) is 4.79 Å². The number of fused-ring (bicyclic) bond motifs is 1. The molecule has 2 unspecified atom stereocenters. The van der Waals surface area contributed by atoms with E-state index in [1.54, 1.807) is 0 Å². The van der Waals surface area contributed by atoms with Gasteiger partial charge in [-0.3, -0.25) is 0 Å². The minimum atomic E-state index is -0.186. The van der Waals surface area contributed by atoms with Gasteiger partial charge in [-0.25, -0.2) is 4.79 Å². The molecule has 5 heteroatoms. The molecule has 1 aromatic rings. The summed E-state index contributed by atoms with van der Waals surface area (Å²) in [4.78, 5) is 11.6. The van der Waals surface area contributed by atoms with E-state index in [2.05, 4.69) is 34.9 Å². The molecule has 3 N–H and O–H groups in total. The van der Waals surface area contributed by atoms with Crippen LogP contribution in [0.25, 0.3) is 0 Å². The van der Waals surface area contributed by atoms with Gasteiger partial charge in [0.1, 0.15) is 0 Å². The summed E-state index contributed by atoms with van der Waals surface area (Å²) in [6.07, 6.45) is 4.94. The van der Waals surface area contributed by atoms with E-state index >= 15 is 0 Å². The molecule has 2 amide bonds.